The summed E-state index contributed by atoms with van der Waals surface area (Å²) in [7, 11) is -3.09. The highest BCUT2D eigenvalue weighted by Gasteiger charge is 2.32. The number of hydrogen-bond acceptors (Lipinski definition) is 4. The Morgan fingerprint density at radius 3 is 2.71 bits per heavy atom. The maximum Gasteiger partial charge on any atom is 0.150 e. The first kappa shape index (κ1) is 16.5. The molecule has 1 saturated carbocycles. The van der Waals surface area contributed by atoms with Crippen LogP contribution in [0, 0.1) is 11.7 Å². The molecule has 0 saturated heterocycles. The molecule has 1 aromatic rings. The maximum absolute atomic E-state index is 13.5. The maximum atomic E-state index is 13.5. The highest BCUT2D eigenvalue weighted by molar-refractivity contribution is 8.00. The minimum absolute atomic E-state index is 0.0246. The van der Waals surface area contributed by atoms with Gasteiger partial charge in [-0.2, -0.15) is 0 Å². The van der Waals surface area contributed by atoms with E-state index >= 15 is 0 Å². The lowest BCUT2D eigenvalue weighted by Crippen LogP contribution is -2.31. The Labute approximate surface area is 129 Å². The third-order valence-corrected chi connectivity index (χ3v) is 6.60. The fourth-order valence-electron chi connectivity index (χ4n) is 2.65. The van der Waals surface area contributed by atoms with Crippen LogP contribution in [0.2, 0.25) is 0 Å². The minimum atomic E-state index is -3.09. The normalized spacial score (nSPS) is 23.0. The number of sulfone groups is 1. The second-order valence-corrected chi connectivity index (χ2v) is 8.84. The van der Waals surface area contributed by atoms with Crippen molar-refractivity contribution in [1.29, 1.82) is 0 Å². The lowest BCUT2D eigenvalue weighted by molar-refractivity contribution is -0.121. The van der Waals surface area contributed by atoms with Crippen molar-refractivity contribution in [3.05, 3.63) is 30.1 Å². The summed E-state index contributed by atoms with van der Waals surface area (Å²) in [6.07, 6.45) is 3.79. The first-order valence-electron chi connectivity index (χ1n) is 6.97. The van der Waals surface area contributed by atoms with E-state index in [2.05, 4.69) is 0 Å². The van der Waals surface area contributed by atoms with Gasteiger partial charge in [0, 0.05) is 17.1 Å². The van der Waals surface area contributed by atoms with Gasteiger partial charge in [-0.3, -0.25) is 4.79 Å². The van der Waals surface area contributed by atoms with Crippen LogP contribution in [0.15, 0.2) is 29.2 Å². The highest BCUT2D eigenvalue weighted by atomic mass is 32.2. The zero-order chi connectivity index (χ0) is 15.5. The molecule has 0 bridgehead atoms. The smallest absolute Gasteiger partial charge is 0.150 e. The third-order valence-electron chi connectivity index (χ3n) is 3.89. The van der Waals surface area contributed by atoms with Crippen molar-refractivity contribution in [1.82, 2.24) is 0 Å². The number of Topliss-reactive ketones (excluding diaryl/α,β-unsaturated/α-hetero) is 1. The molecule has 3 nitrogen and oxygen atoms in total. The molecular weight excluding hydrogens is 311 g/mol. The molecule has 2 unspecified atom stereocenters. The van der Waals surface area contributed by atoms with E-state index in [4.69, 9.17) is 0 Å². The van der Waals surface area contributed by atoms with Crippen LogP contribution in [0.4, 0.5) is 4.39 Å². The summed E-state index contributed by atoms with van der Waals surface area (Å²) in [5, 5.41) is -0.404. The number of thioether (sulfide) groups is 1. The molecule has 1 fully saturated rings. The van der Waals surface area contributed by atoms with Gasteiger partial charge in [-0.25, -0.2) is 12.8 Å². The molecular formula is C15H19FO3S2. The van der Waals surface area contributed by atoms with Crippen LogP contribution in [0.1, 0.15) is 25.7 Å². The van der Waals surface area contributed by atoms with Gasteiger partial charge in [0.1, 0.15) is 21.4 Å². The fraction of sp³-hybridized carbons (Fsp3) is 0.533. The number of carbonyl (C=O) groups excluding carboxylic acids is 1. The minimum Gasteiger partial charge on any atom is -0.298 e. The molecule has 0 aromatic heterocycles. The molecule has 0 N–H and O–H groups in total. The standard InChI is InChI=1S/C15H19FO3S2/c1-21(18,19)12-6-4-5-11(9-12)14(17)10-20-15-8-3-2-7-13(15)16/h2-3,7-8,11-12H,4-6,9-10H2,1H3. The predicted octanol–water partition coefficient (Wildman–Crippen LogP) is 3.09. The molecule has 0 heterocycles. The summed E-state index contributed by atoms with van der Waals surface area (Å²) in [4.78, 5) is 12.7. The third kappa shape index (κ3) is 4.54. The largest absolute Gasteiger partial charge is 0.298 e. The van der Waals surface area contributed by atoms with E-state index in [0.717, 1.165) is 12.8 Å². The quantitative estimate of drug-likeness (QED) is 0.779. The van der Waals surface area contributed by atoms with Gasteiger partial charge in [-0.05, 0) is 31.4 Å². The van der Waals surface area contributed by atoms with E-state index in [1.165, 1.54) is 24.1 Å². The van der Waals surface area contributed by atoms with Crippen LogP contribution in [0.5, 0.6) is 0 Å². The fourth-order valence-corrected chi connectivity index (χ4v) is 4.75. The Kier molecular flexibility index (Phi) is 5.43. The summed E-state index contributed by atoms with van der Waals surface area (Å²) in [6.45, 7) is 0. The molecule has 0 amide bonds. The van der Waals surface area contributed by atoms with Crippen LogP contribution < -0.4 is 0 Å². The van der Waals surface area contributed by atoms with Crippen LogP contribution in [-0.4, -0.2) is 31.5 Å². The highest BCUT2D eigenvalue weighted by Crippen LogP contribution is 2.31. The Bertz CT molecular complexity index is 613. The molecule has 2 atom stereocenters. The van der Waals surface area contributed by atoms with E-state index in [0.29, 0.717) is 17.7 Å². The van der Waals surface area contributed by atoms with Gasteiger partial charge in [0.25, 0.3) is 0 Å². The van der Waals surface area contributed by atoms with Gasteiger partial charge >= 0.3 is 0 Å². The lowest BCUT2D eigenvalue weighted by atomic mass is 9.86. The SMILES string of the molecule is CS(=O)(=O)C1CCCC(C(=O)CSc2ccccc2F)C1. The van der Waals surface area contributed by atoms with Crippen LogP contribution in [-0.2, 0) is 14.6 Å². The van der Waals surface area contributed by atoms with Gasteiger partial charge in [-0.1, -0.05) is 18.6 Å². The molecule has 0 spiro atoms. The average Bonchev–Trinajstić information content (AvgIpc) is 2.45. The van der Waals surface area contributed by atoms with E-state index < -0.39 is 15.1 Å². The Balaban J connectivity index is 1.93. The summed E-state index contributed by atoms with van der Waals surface area (Å²) in [5.41, 5.74) is 0. The van der Waals surface area contributed by atoms with Crippen molar-refractivity contribution in [2.24, 2.45) is 5.92 Å². The Morgan fingerprint density at radius 2 is 2.05 bits per heavy atom. The van der Waals surface area contributed by atoms with E-state index in [-0.39, 0.29) is 23.3 Å². The Morgan fingerprint density at radius 1 is 1.33 bits per heavy atom. The van der Waals surface area contributed by atoms with Crippen molar-refractivity contribution in [2.75, 3.05) is 12.0 Å². The monoisotopic (exact) mass is 330 g/mol. The Hall–Kier alpha value is -0.880. The number of halogens is 1. The number of ketones is 1. The number of hydrogen-bond donors (Lipinski definition) is 0. The summed E-state index contributed by atoms with van der Waals surface area (Å²) in [5.74, 6) is -0.315. The molecule has 21 heavy (non-hydrogen) atoms. The molecule has 6 heteroatoms. The van der Waals surface area contributed by atoms with Gasteiger partial charge in [0.15, 0.2) is 0 Å². The van der Waals surface area contributed by atoms with Gasteiger partial charge in [0.2, 0.25) is 0 Å². The summed E-state index contributed by atoms with van der Waals surface area (Å²) >= 11 is 1.18. The van der Waals surface area contributed by atoms with Crippen molar-refractivity contribution in [3.8, 4) is 0 Å². The first-order chi connectivity index (χ1) is 9.88. The average molecular weight is 330 g/mol. The number of benzene rings is 1. The molecule has 0 aliphatic heterocycles. The summed E-state index contributed by atoms with van der Waals surface area (Å²) in [6, 6.07) is 6.36. The molecule has 1 aromatic carbocycles. The topological polar surface area (TPSA) is 51.2 Å². The van der Waals surface area contributed by atoms with E-state index in [9.17, 15) is 17.6 Å². The van der Waals surface area contributed by atoms with Gasteiger partial charge in [-0.15, -0.1) is 11.8 Å². The zero-order valence-corrected chi connectivity index (χ0v) is 13.6. The molecule has 116 valence electrons. The lowest BCUT2D eigenvalue weighted by Gasteiger charge is -2.26. The van der Waals surface area contributed by atoms with E-state index in [1.807, 2.05) is 0 Å². The molecule has 1 aliphatic carbocycles. The van der Waals surface area contributed by atoms with Crippen molar-refractivity contribution in [3.63, 3.8) is 0 Å². The molecule has 0 radical (unpaired) electrons. The molecule has 2 rings (SSSR count). The first-order valence-corrected chi connectivity index (χ1v) is 9.91. The van der Waals surface area contributed by atoms with Crippen LogP contribution in [0.25, 0.3) is 0 Å². The van der Waals surface area contributed by atoms with E-state index in [1.54, 1.807) is 18.2 Å². The second-order valence-electron chi connectivity index (χ2n) is 5.50. The van der Waals surface area contributed by atoms with Crippen molar-refractivity contribution < 1.29 is 17.6 Å². The summed E-state index contributed by atoms with van der Waals surface area (Å²) < 4.78 is 36.7. The van der Waals surface area contributed by atoms with Gasteiger partial charge in [0.05, 0.1) is 11.0 Å². The van der Waals surface area contributed by atoms with Crippen LogP contribution in [0.3, 0.4) is 0 Å². The zero-order valence-electron chi connectivity index (χ0n) is 11.9. The van der Waals surface area contributed by atoms with Gasteiger partial charge < -0.3 is 0 Å². The number of carbonyl (C=O) groups is 1. The predicted molar refractivity (Wildman–Crippen MR) is 82.7 cm³/mol. The van der Waals surface area contributed by atoms with Crippen molar-refractivity contribution in [2.45, 2.75) is 35.8 Å². The number of rotatable bonds is 5. The van der Waals surface area contributed by atoms with Crippen LogP contribution >= 0.6 is 11.8 Å². The van der Waals surface area contributed by atoms with Crippen molar-refractivity contribution >= 4 is 27.4 Å². The molecule has 1 aliphatic rings. The second kappa shape index (κ2) is 6.92.